The molecule has 112 valence electrons. The van der Waals surface area contributed by atoms with Gasteiger partial charge >= 0.3 is 5.97 Å². The highest BCUT2D eigenvalue weighted by molar-refractivity contribution is 6.33. The number of ether oxygens (including phenoxy) is 1. The fourth-order valence-electron chi connectivity index (χ4n) is 1.65. The quantitative estimate of drug-likeness (QED) is 0.854. The minimum absolute atomic E-state index is 0.212. The summed E-state index contributed by atoms with van der Waals surface area (Å²) in [7, 11) is 1.31. The second-order valence-corrected chi connectivity index (χ2v) is 5.15. The van der Waals surface area contributed by atoms with E-state index < -0.39 is 5.97 Å². The Morgan fingerprint density at radius 2 is 2.24 bits per heavy atom. The van der Waals surface area contributed by atoms with Crippen molar-refractivity contribution in [2.75, 3.05) is 12.4 Å². The van der Waals surface area contributed by atoms with Crippen LogP contribution in [0.15, 0.2) is 22.7 Å². The second kappa shape index (κ2) is 6.58. The van der Waals surface area contributed by atoms with Crippen LogP contribution >= 0.6 is 11.6 Å². The first-order chi connectivity index (χ1) is 10.0. The maximum Gasteiger partial charge on any atom is 0.339 e. The molecule has 1 aromatic heterocycles. The number of methoxy groups -OCH3 is 1. The molecule has 0 bridgehead atoms. The molecule has 0 spiro atoms. The Morgan fingerprint density at radius 3 is 2.86 bits per heavy atom. The van der Waals surface area contributed by atoms with Gasteiger partial charge in [-0.2, -0.15) is 4.98 Å². The summed E-state index contributed by atoms with van der Waals surface area (Å²) >= 11 is 5.96. The topological polar surface area (TPSA) is 77.2 Å². The number of benzene rings is 1. The molecule has 21 heavy (non-hydrogen) atoms. The lowest BCUT2D eigenvalue weighted by atomic mass is 10.2. The molecule has 1 N–H and O–H groups in total. The van der Waals surface area contributed by atoms with E-state index in [1.165, 1.54) is 7.11 Å². The highest BCUT2D eigenvalue weighted by atomic mass is 35.5. The van der Waals surface area contributed by atoms with E-state index in [9.17, 15) is 4.79 Å². The first-order valence-electron chi connectivity index (χ1n) is 6.45. The van der Waals surface area contributed by atoms with E-state index in [-0.39, 0.29) is 5.92 Å². The van der Waals surface area contributed by atoms with Crippen molar-refractivity contribution in [3.63, 3.8) is 0 Å². The van der Waals surface area contributed by atoms with Crippen LogP contribution in [0.3, 0.4) is 0 Å². The van der Waals surface area contributed by atoms with Gasteiger partial charge in [0.2, 0.25) is 5.89 Å². The number of aromatic nitrogens is 2. The first kappa shape index (κ1) is 15.3. The van der Waals surface area contributed by atoms with E-state index in [1.807, 2.05) is 13.8 Å². The van der Waals surface area contributed by atoms with Crippen LogP contribution in [0.5, 0.6) is 0 Å². The molecule has 0 radical (unpaired) electrons. The molecule has 6 nitrogen and oxygen atoms in total. The largest absolute Gasteiger partial charge is 0.465 e. The molecule has 1 aromatic carbocycles. The average Bonchev–Trinajstić information content (AvgIpc) is 2.94. The lowest BCUT2D eigenvalue weighted by Gasteiger charge is -2.07. The molecule has 7 heteroatoms. The van der Waals surface area contributed by atoms with Gasteiger partial charge in [0.1, 0.15) is 0 Å². The Kier molecular flexibility index (Phi) is 4.80. The number of esters is 1. The molecular formula is C14H16ClN3O3. The van der Waals surface area contributed by atoms with E-state index in [1.54, 1.807) is 18.2 Å². The van der Waals surface area contributed by atoms with Crippen LogP contribution in [0.1, 0.15) is 41.8 Å². The molecule has 0 saturated heterocycles. The van der Waals surface area contributed by atoms with Gasteiger partial charge in [-0.1, -0.05) is 30.6 Å². The van der Waals surface area contributed by atoms with Crippen molar-refractivity contribution in [2.24, 2.45) is 0 Å². The predicted molar refractivity (Wildman–Crippen MR) is 78.5 cm³/mol. The Bertz CT molecular complexity index is 640. The smallest absolute Gasteiger partial charge is 0.339 e. The number of nitrogens with one attached hydrogen (secondary N) is 1. The fourth-order valence-corrected chi connectivity index (χ4v) is 1.85. The van der Waals surface area contributed by atoms with Gasteiger partial charge in [-0.25, -0.2) is 4.79 Å². The molecular weight excluding hydrogens is 294 g/mol. The van der Waals surface area contributed by atoms with E-state index in [4.69, 9.17) is 16.1 Å². The van der Waals surface area contributed by atoms with Crippen LogP contribution in [0, 0.1) is 0 Å². The minimum atomic E-state index is -0.483. The number of nitrogens with zero attached hydrogens (tertiary/aromatic N) is 2. The summed E-state index contributed by atoms with van der Waals surface area (Å²) < 4.78 is 9.80. The fraction of sp³-hybridized carbons (Fsp3) is 0.357. The molecule has 0 saturated carbocycles. The zero-order chi connectivity index (χ0) is 15.4. The van der Waals surface area contributed by atoms with Crippen LogP contribution in [-0.2, 0) is 11.3 Å². The number of halogens is 1. The van der Waals surface area contributed by atoms with Crippen molar-refractivity contribution in [3.8, 4) is 0 Å². The zero-order valence-corrected chi connectivity index (χ0v) is 12.8. The molecule has 0 atom stereocenters. The highest BCUT2D eigenvalue weighted by Gasteiger charge is 2.12. The molecule has 0 aliphatic heterocycles. The van der Waals surface area contributed by atoms with Crippen LogP contribution in [0.4, 0.5) is 5.69 Å². The van der Waals surface area contributed by atoms with Gasteiger partial charge in [0.25, 0.3) is 0 Å². The second-order valence-electron chi connectivity index (χ2n) is 4.74. The molecule has 1 heterocycles. The first-order valence-corrected chi connectivity index (χ1v) is 6.83. The van der Waals surface area contributed by atoms with E-state index in [0.29, 0.717) is 34.5 Å². The normalized spacial score (nSPS) is 10.7. The van der Waals surface area contributed by atoms with E-state index >= 15 is 0 Å². The van der Waals surface area contributed by atoms with Gasteiger partial charge in [-0.05, 0) is 18.2 Å². The van der Waals surface area contributed by atoms with Gasteiger partial charge in [-0.15, -0.1) is 0 Å². The standard InChI is InChI=1S/C14H16ClN3O3/c1-8(2)13-17-12(21-18-13)7-16-9-4-5-11(15)10(6-9)14(19)20-3/h4-6,8,16H,7H2,1-3H3. The van der Waals surface area contributed by atoms with Gasteiger partial charge in [0.05, 0.1) is 24.2 Å². The van der Waals surface area contributed by atoms with Gasteiger partial charge in [0.15, 0.2) is 5.82 Å². The third-order valence-electron chi connectivity index (χ3n) is 2.82. The summed E-state index contributed by atoms with van der Waals surface area (Å²) in [5, 5.41) is 7.32. The van der Waals surface area contributed by atoms with Gasteiger partial charge in [-0.3, -0.25) is 0 Å². The van der Waals surface area contributed by atoms with Gasteiger partial charge < -0.3 is 14.6 Å². The number of carbonyl (C=O) groups is 1. The summed E-state index contributed by atoms with van der Waals surface area (Å²) in [6, 6.07) is 5.01. The minimum Gasteiger partial charge on any atom is -0.465 e. The third kappa shape index (κ3) is 3.72. The lowest BCUT2D eigenvalue weighted by molar-refractivity contribution is 0.0601. The number of hydrogen-bond donors (Lipinski definition) is 1. The Balaban J connectivity index is 2.07. The number of anilines is 1. The zero-order valence-electron chi connectivity index (χ0n) is 12.0. The molecule has 2 rings (SSSR count). The third-order valence-corrected chi connectivity index (χ3v) is 3.15. The highest BCUT2D eigenvalue weighted by Crippen LogP contribution is 2.22. The molecule has 2 aromatic rings. The lowest BCUT2D eigenvalue weighted by Crippen LogP contribution is -2.05. The SMILES string of the molecule is COC(=O)c1cc(NCc2nc(C(C)C)no2)ccc1Cl. The Hall–Kier alpha value is -2.08. The Labute approximate surface area is 127 Å². The monoisotopic (exact) mass is 309 g/mol. The van der Waals surface area contributed by atoms with Crippen LogP contribution in [0.25, 0.3) is 0 Å². The molecule has 0 amide bonds. The number of hydrogen-bond acceptors (Lipinski definition) is 6. The molecule has 0 fully saturated rings. The van der Waals surface area contributed by atoms with Crippen molar-refractivity contribution in [2.45, 2.75) is 26.3 Å². The summed E-state index contributed by atoms with van der Waals surface area (Å²) in [4.78, 5) is 15.8. The maximum atomic E-state index is 11.6. The van der Waals surface area contributed by atoms with Crippen molar-refractivity contribution in [1.29, 1.82) is 0 Å². The van der Waals surface area contributed by atoms with Crippen molar-refractivity contribution in [3.05, 3.63) is 40.5 Å². The molecule has 0 unspecified atom stereocenters. The summed E-state index contributed by atoms with van der Waals surface area (Å²) in [6.07, 6.45) is 0. The van der Waals surface area contributed by atoms with Crippen molar-refractivity contribution in [1.82, 2.24) is 10.1 Å². The molecule has 0 aliphatic rings. The summed E-state index contributed by atoms with van der Waals surface area (Å²) in [5.41, 5.74) is 1.02. The van der Waals surface area contributed by atoms with Crippen molar-refractivity contribution >= 4 is 23.3 Å². The maximum absolute atomic E-state index is 11.6. The van der Waals surface area contributed by atoms with Crippen molar-refractivity contribution < 1.29 is 14.1 Å². The average molecular weight is 310 g/mol. The Morgan fingerprint density at radius 1 is 1.48 bits per heavy atom. The number of carbonyl (C=O) groups excluding carboxylic acids is 1. The van der Waals surface area contributed by atoms with Gasteiger partial charge in [0, 0.05) is 11.6 Å². The van der Waals surface area contributed by atoms with Crippen LogP contribution in [-0.4, -0.2) is 23.2 Å². The van der Waals surface area contributed by atoms with E-state index in [0.717, 1.165) is 0 Å². The summed E-state index contributed by atoms with van der Waals surface area (Å²) in [6.45, 7) is 4.34. The van der Waals surface area contributed by atoms with Crippen LogP contribution in [0.2, 0.25) is 5.02 Å². The van der Waals surface area contributed by atoms with Crippen LogP contribution < -0.4 is 5.32 Å². The molecule has 0 aliphatic carbocycles. The van der Waals surface area contributed by atoms with E-state index in [2.05, 4.69) is 20.2 Å². The summed E-state index contributed by atoms with van der Waals surface area (Å²) in [5.74, 6) is 0.874. The predicted octanol–water partition coefficient (Wildman–Crippen LogP) is 3.25. The number of rotatable bonds is 5.